The maximum Gasteiger partial charge on any atom is 0.256 e. The highest BCUT2D eigenvalue weighted by atomic mass is 32.2. The lowest BCUT2D eigenvalue weighted by molar-refractivity contribution is 0.0788. The fourth-order valence-corrected chi connectivity index (χ4v) is 4.49. The molecular weight excluding hydrogens is 317 g/mol. The van der Waals surface area contributed by atoms with Crippen LogP contribution in [0, 0.1) is 5.82 Å². The number of carbonyl (C=O) groups is 1. The van der Waals surface area contributed by atoms with Gasteiger partial charge in [0.25, 0.3) is 5.91 Å². The highest BCUT2D eigenvalue weighted by Crippen LogP contribution is 2.25. The quantitative estimate of drug-likeness (QED) is 0.867. The van der Waals surface area contributed by atoms with Crippen LogP contribution in [0.15, 0.2) is 59.5 Å². The van der Waals surface area contributed by atoms with Crippen molar-refractivity contribution in [2.75, 3.05) is 13.1 Å². The van der Waals surface area contributed by atoms with Gasteiger partial charge in [0.1, 0.15) is 5.82 Å². The minimum Gasteiger partial charge on any atom is -0.337 e. The minimum atomic E-state index is -3.49. The summed E-state index contributed by atoms with van der Waals surface area (Å²) in [6.07, 6.45) is 0.359. The first-order valence-corrected chi connectivity index (χ1v) is 8.87. The van der Waals surface area contributed by atoms with E-state index >= 15 is 0 Å². The Kier molecular flexibility index (Phi) is 4.17. The molecule has 0 bridgehead atoms. The summed E-state index contributed by atoms with van der Waals surface area (Å²) in [6.45, 7) is 0.397. The average Bonchev–Trinajstić information content (AvgIpc) is 3.06. The predicted molar refractivity (Wildman–Crippen MR) is 84.3 cm³/mol. The van der Waals surface area contributed by atoms with Crippen molar-refractivity contribution in [2.24, 2.45) is 0 Å². The molecule has 1 atom stereocenters. The van der Waals surface area contributed by atoms with Gasteiger partial charge in [-0.15, -0.1) is 0 Å². The lowest BCUT2D eigenvalue weighted by Crippen LogP contribution is -2.32. The molecule has 1 fully saturated rings. The van der Waals surface area contributed by atoms with Crippen molar-refractivity contribution in [2.45, 2.75) is 16.6 Å². The topological polar surface area (TPSA) is 54.5 Å². The Morgan fingerprint density at radius 1 is 1.04 bits per heavy atom. The van der Waals surface area contributed by atoms with E-state index in [1.165, 1.54) is 23.1 Å². The molecule has 6 heteroatoms. The van der Waals surface area contributed by atoms with Crippen molar-refractivity contribution in [1.29, 1.82) is 0 Å². The second-order valence-corrected chi connectivity index (χ2v) is 7.73. The van der Waals surface area contributed by atoms with E-state index in [4.69, 9.17) is 0 Å². The SMILES string of the molecule is O=C(c1ccccc1F)N1CCC(S(=O)(=O)c2ccccc2)C1. The fraction of sp³-hybridized carbons (Fsp3) is 0.235. The summed E-state index contributed by atoms with van der Waals surface area (Å²) in [5.41, 5.74) is -0.0229. The van der Waals surface area contributed by atoms with Crippen LogP contribution in [0.3, 0.4) is 0 Å². The Balaban J connectivity index is 1.79. The van der Waals surface area contributed by atoms with Crippen molar-refractivity contribution in [3.8, 4) is 0 Å². The lowest BCUT2D eigenvalue weighted by atomic mass is 10.2. The van der Waals surface area contributed by atoms with Crippen molar-refractivity contribution >= 4 is 15.7 Å². The number of hydrogen-bond acceptors (Lipinski definition) is 3. The summed E-state index contributed by atoms with van der Waals surface area (Å²) in [5, 5.41) is -0.652. The molecule has 1 heterocycles. The molecule has 0 aliphatic carbocycles. The van der Waals surface area contributed by atoms with Crippen LogP contribution in [0.25, 0.3) is 0 Å². The Morgan fingerprint density at radius 3 is 2.39 bits per heavy atom. The number of likely N-dealkylation sites (tertiary alicyclic amines) is 1. The number of nitrogens with zero attached hydrogens (tertiary/aromatic N) is 1. The van der Waals surface area contributed by atoms with E-state index < -0.39 is 26.8 Å². The molecule has 1 unspecified atom stereocenters. The number of halogens is 1. The van der Waals surface area contributed by atoms with Gasteiger partial charge >= 0.3 is 0 Å². The molecule has 23 heavy (non-hydrogen) atoms. The molecule has 0 radical (unpaired) electrons. The first-order chi connectivity index (χ1) is 11.0. The summed E-state index contributed by atoms with van der Waals surface area (Å²) in [7, 11) is -3.49. The smallest absolute Gasteiger partial charge is 0.256 e. The van der Waals surface area contributed by atoms with Gasteiger partial charge in [-0.25, -0.2) is 12.8 Å². The van der Waals surface area contributed by atoms with Gasteiger partial charge in [0, 0.05) is 13.1 Å². The summed E-state index contributed by atoms with van der Waals surface area (Å²) in [6, 6.07) is 13.9. The van der Waals surface area contributed by atoms with Crippen LogP contribution in [0.2, 0.25) is 0 Å². The van der Waals surface area contributed by atoms with Crippen molar-refractivity contribution < 1.29 is 17.6 Å². The first kappa shape index (κ1) is 15.7. The lowest BCUT2D eigenvalue weighted by Gasteiger charge is -2.17. The van der Waals surface area contributed by atoms with Gasteiger partial charge in [-0.3, -0.25) is 4.79 Å². The van der Waals surface area contributed by atoms with E-state index in [2.05, 4.69) is 0 Å². The number of hydrogen-bond donors (Lipinski definition) is 0. The van der Waals surface area contributed by atoms with E-state index in [0.717, 1.165) is 0 Å². The number of rotatable bonds is 3. The van der Waals surface area contributed by atoms with Gasteiger partial charge in [0.15, 0.2) is 9.84 Å². The zero-order valence-electron chi connectivity index (χ0n) is 12.4. The van der Waals surface area contributed by atoms with Crippen molar-refractivity contribution in [1.82, 2.24) is 4.90 Å². The van der Waals surface area contributed by atoms with Crippen LogP contribution in [0.5, 0.6) is 0 Å². The van der Waals surface area contributed by atoms with Crippen LogP contribution in [0.4, 0.5) is 4.39 Å². The van der Waals surface area contributed by atoms with Crippen LogP contribution in [-0.4, -0.2) is 37.6 Å². The Morgan fingerprint density at radius 2 is 1.70 bits per heavy atom. The molecule has 120 valence electrons. The molecule has 4 nitrogen and oxygen atoms in total. The largest absolute Gasteiger partial charge is 0.337 e. The molecule has 1 aliphatic rings. The van der Waals surface area contributed by atoms with E-state index in [1.54, 1.807) is 36.4 Å². The van der Waals surface area contributed by atoms with Crippen LogP contribution >= 0.6 is 0 Å². The van der Waals surface area contributed by atoms with Gasteiger partial charge in [-0.2, -0.15) is 0 Å². The van der Waals surface area contributed by atoms with E-state index in [-0.39, 0.29) is 17.0 Å². The third-order valence-electron chi connectivity index (χ3n) is 4.05. The standard InChI is InChI=1S/C17H16FNO3S/c18-16-9-5-4-8-15(16)17(20)19-11-10-14(12-19)23(21,22)13-6-2-1-3-7-13/h1-9,14H,10-12H2. The van der Waals surface area contributed by atoms with Crippen LogP contribution in [-0.2, 0) is 9.84 Å². The normalized spacial score (nSPS) is 18.1. The van der Waals surface area contributed by atoms with Gasteiger partial charge < -0.3 is 4.90 Å². The maximum absolute atomic E-state index is 13.7. The number of carbonyl (C=O) groups excluding carboxylic acids is 1. The number of amides is 1. The van der Waals surface area contributed by atoms with Crippen molar-refractivity contribution in [3.63, 3.8) is 0 Å². The highest BCUT2D eigenvalue weighted by Gasteiger charge is 2.36. The molecule has 1 aliphatic heterocycles. The van der Waals surface area contributed by atoms with E-state index in [9.17, 15) is 17.6 Å². The zero-order valence-corrected chi connectivity index (χ0v) is 13.2. The minimum absolute atomic E-state index is 0.0229. The average molecular weight is 333 g/mol. The molecule has 0 N–H and O–H groups in total. The summed E-state index contributed by atoms with van der Waals surface area (Å²) in [4.78, 5) is 14.0. The molecule has 0 spiro atoms. The highest BCUT2D eigenvalue weighted by molar-refractivity contribution is 7.92. The van der Waals surface area contributed by atoms with E-state index in [0.29, 0.717) is 13.0 Å². The number of sulfone groups is 1. The molecular formula is C17H16FNO3S. The number of benzene rings is 2. The summed E-state index contributed by atoms with van der Waals surface area (Å²) >= 11 is 0. The molecule has 2 aromatic rings. The maximum atomic E-state index is 13.7. The Hall–Kier alpha value is -2.21. The van der Waals surface area contributed by atoms with Crippen LogP contribution in [0.1, 0.15) is 16.8 Å². The molecule has 0 saturated carbocycles. The van der Waals surface area contributed by atoms with Crippen molar-refractivity contribution in [3.05, 3.63) is 66.0 Å². The molecule has 1 amide bonds. The first-order valence-electron chi connectivity index (χ1n) is 7.33. The monoisotopic (exact) mass is 333 g/mol. The molecule has 2 aromatic carbocycles. The fourth-order valence-electron chi connectivity index (χ4n) is 2.77. The Bertz CT molecular complexity index is 821. The molecule has 3 rings (SSSR count). The van der Waals surface area contributed by atoms with Gasteiger partial charge in [0.2, 0.25) is 0 Å². The Labute approximate surface area is 134 Å². The van der Waals surface area contributed by atoms with Gasteiger partial charge in [-0.1, -0.05) is 30.3 Å². The van der Waals surface area contributed by atoms with Gasteiger partial charge in [-0.05, 0) is 30.7 Å². The predicted octanol–water partition coefficient (Wildman–Crippen LogP) is 2.51. The third kappa shape index (κ3) is 2.99. The second kappa shape index (κ2) is 6.12. The molecule has 0 aromatic heterocycles. The molecule has 1 saturated heterocycles. The summed E-state index contributed by atoms with van der Waals surface area (Å²) < 4.78 is 38.9. The third-order valence-corrected chi connectivity index (χ3v) is 6.24. The second-order valence-electron chi connectivity index (χ2n) is 5.50. The zero-order chi connectivity index (χ0) is 16.4. The van der Waals surface area contributed by atoms with Crippen LogP contribution < -0.4 is 0 Å². The van der Waals surface area contributed by atoms with Gasteiger partial charge in [0.05, 0.1) is 15.7 Å². The van der Waals surface area contributed by atoms with E-state index in [1.807, 2.05) is 0 Å². The summed E-state index contributed by atoms with van der Waals surface area (Å²) in [5.74, 6) is -1.05.